The van der Waals surface area contributed by atoms with Gasteiger partial charge in [-0.15, -0.1) is 0 Å². The fourth-order valence-corrected chi connectivity index (χ4v) is 7.33. The monoisotopic (exact) mass is 392 g/mol. The van der Waals surface area contributed by atoms with Crippen LogP contribution in [0.1, 0.15) is 52.4 Å². The topological polar surface area (TPSA) is 58.2 Å². The molecule has 1 aromatic carbocycles. The third-order valence-electron chi connectivity index (χ3n) is 8.95. The fourth-order valence-electron chi connectivity index (χ4n) is 7.33. The predicted molar refractivity (Wildman–Crippen MR) is 114 cm³/mol. The second kappa shape index (κ2) is 6.72. The van der Waals surface area contributed by atoms with E-state index in [-0.39, 0.29) is 28.4 Å². The van der Waals surface area contributed by atoms with Crippen LogP contribution < -0.4 is 10.6 Å². The predicted octanol–water partition coefficient (Wildman–Crippen LogP) is 4.54. The molecule has 4 aliphatic rings. The number of piperidine rings is 1. The number of benzene rings is 1. The van der Waals surface area contributed by atoms with Gasteiger partial charge in [0.15, 0.2) is 5.78 Å². The summed E-state index contributed by atoms with van der Waals surface area (Å²) in [6.07, 6.45) is 7.92. The Morgan fingerprint density at radius 2 is 1.86 bits per heavy atom. The molecule has 3 aliphatic carbocycles. The first-order valence-corrected chi connectivity index (χ1v) is 11.3. The van der Waals surface area contributed by atoms with Crippen molar-refractivity contribution in [2.24, 2.45) is 34.5 Å². The summed E-state index contributed by atoms with van der Waals surface area (Å²) in [7, 11) is 0. The normalized spacial score (nSPS) is 40.8. The number of nitrogens with one attached hydrogen (secondary N) is 2. The van der Waals surface area contributed by atoms with Crippen molar-refractivity contribution in [2.75, 3.05) is 11.9 Å². The van der Waals surface area contributed by atoms with E-state index >= 15 is 0 Å². The molecule has 0 bridgehead atoms. The van der Waals surface area contributed by atoms with E-state index in [1.54, 1.807) is 0 Å². The van der Waals surface area contributed by atoms with Gasteiger partial charge in [0.25, 0.3) is 0 Å². The van der Waals surface area contributed by atoms with Crippen LogP contribution in [0.25, 0.3) is 0 Å². The minimum atomic E-state index is 0.0732. The van der Waals surface area contributed by atoms with E-state index in [0.717, 1.165) is 44.3 Å². The quantitative estimate of drug-likeness (QED) is 0.777. The number of anilines is 1. The van der Waals surface area contributed by atoms with Crippen LogP contribution in [-0.2, 0) is 9.59 Å². The third-order valence-corrected chi connectivity index (χ3v) is 8.95. The second-order valence-corrected chi connectivity index (χ2v) is 10.2. The van der Waals surface area contributed by atoms with Gasteiger partial charge in [0.05, 0.1) is 0 Å². The van der Waals surface area contributed by atoms with Crippen LogP contribution >= 0.6 is 0 Å². The van der Waals surface area contributed by atoms with Gasteiger partial charge in [0.1, 0.15) is 0 Å². The molecule has 1 saturated heterocycles. The molecule has 1 amide bonds. The van der Waals surface area contributed by atoms with E-state index in [4.69, 9.17) is 0 Å². The molecule has 0 spiro atoms. The summed E-state index contributed by atoms with van der Waals surface area (Å²) < 4.78 is 0. The largest absolute Gasteiger partial charge is 0.387 e. The molecule has 154 valence electrons. The molecule has 3 unspecified atom stereocenters. The van der Waals surface area contributed by atoms with Crippen molar-refractivity contribution in [3.05, 3.63) is 42.1 Å². The Morgan fingerprint density at radius 1 is 1.07 bits per heavy atom. The zero-order valence-electron chi connectivity index (χ0n) is 17.5. The maximum atomic E-state index is 13.2. The van der Waals surface area contributed by atoms with Gasteiger partial charge in [0.2, 0.25) is 5.91 Å². The highest BCUT2D eigenvalue weighted by Crippen LogP contribution is 2.64. The SMILES string of the molecule is C[C@]12CCC(=O)C=C1NCC1C2CC[C@@]2(C)C1CC[C@@H]2C(=O)Nc1ccccc1. The Kier molecular flexibility index (Phi) is 4.38. The second-order valence-electron chi connectivity index (χ2n) is 10.2. The van der Waals surface area contributed by atoms with Crippen LogP contribution in [-0.4, -0.2) is 18.2 Å². The van der Waals surface area contributed by atoms with E-state index < -0.39 is 0 Å². The lowest BCUT2D eigenvalue weighted by Crippen LogP contribution is -2.57. The van der Waals surface area contributed by atoms with Crippen LogP contribution in [0.3, 0.4) is 0 Å². The van der Waals surface area contributed by atoms with Crippen molar-refractivity contribution in [2.45, 2.75) is 52.4 Å². The summed E-state index contributed by atoms with van der Waals surface area (Å²) in [6.45, 7) is 5.69. The lowest BCUT2D eigenvalue weighted by molar-refractivity contribution is -0.127. The number of carbonyl (C=O) groups is 2. The summed E-state index contributed by atoms with van der Waals surface area (Å²) in [5, 5.41) is 6.82. The van der Waals surface area contributed by atoms with Crippen LogP contribution in [0.2, 0.25) is 0 Å². The molecule has 1 aliphatic heterocycles. The number of hydrogen-bond donors (Lipinski definition) is 2. The van der Waals surface area contributed by atoms with E-state index in [1.807, 2.05) is 36.4 Å². The highest BCUT2D eigenvalue weighted by Gasteiger charge is 2.60. The van der Waals surface area contributed by atoms with Gasteiger partial charge in [-0.05, 0) is 67.4 Å². The molecule has 0 radical (unpaired) electrons. The Bertz CT molecular complexity index is 863. The molecule has 4 nitrogen and oxygen atoms in total. The maximum absolute atomic E-state index is 13.2. The minimum Gasteiger partial charge on any atom is -0.387 e. The highest BCUT2D eigenvalue weighted by atomic mass is 16.2. The van der Waals surface area contributed by atoms with Gasteiger partial charge in [-0.25, -0.2) is 0 Å². The van der Waals surface area contributed by atoms with Crippen molar-refractivity contribution >= 4 is 17.4 Å². The molecule has 2 saturated carbocycles. The van der Waals surface area contributed by atoms with Crippen LogP contribution in [0.4, 0.5) is 5.69 Å². The van der Waals surface area contributed by atoms with Crippen LogP contribution in [0, 0.1) is 34.5 Å². The van der Waals surface area contributed by atoms with Gasteiger partial charge >= 0.3 is 0 Å². The summed E-state index contributed by atoms with van der Waals surface area (Å²) in [5.41, 5.74) is 2.24. The van der Waals surface area contributed by atoms with E-state index in [1.165, 1.54) is 5.70 Å². The molecule has 6 atom stereocenters. The molecule has 1 heterocycles. The number of ketones is 1. The summed E-state index contributed by atoms with van der Waals surface area (Å²) in [5.74, 6) is 2.35. The first-order chi connectivity index (χ1) is 13.9. The molecule has 0 aromatic heterocycles. The number of amides is 1. The van der Waals surface area contributed by atoms with Crippen molar-refractivity contribution in [3.63, 3.8) is 0 Å². The fraction of sp³-hybridized carbons (Fsp3) is 0.600. The van der Waals surface area contributed by atoms with Crippen LogP contribution in [0.15, 0.2) is 42.1 Å². The maximum Gasteiger partial charge on any atom is 0.228 e. The van der Waals surface area contributed by atoms with Crippen molar-refractivity contribution in [1.29, 1.82) is 0 Å². The minimum absolute atomic E-state index is 0.0732. The lowest BCUT2D eigenvalue weighted by Gasteiger charge is -2.58. The van der Waals surface area contributed by atoms with Crippen molar-refractivity contribution in [1.82, 2.24) is 5.32 Å². The first kappa shape index (κ1) is 18.9. The Hall–Kier alpha value is -2.10. The summed E-state index contributed by atoms with van der Waals surface area (Å²) in [4.78, 5) is 25.1. The number of hydrogen-bond acceptors (Lipinski definition) is 3. The molecule has 2 N–H and O–H groups in total. The number of para-hydroxylation sites is 1. The van der Waals surface area contributed by atoms with Gasteiger partial charge in [-0.3, -0.25) is 9.59 Å². The summed E-state index contributed by atoms with van der Waals surface area (Å²) >= 11 is 0. The molecule has 1 aromatic rings. The molecule has 4 heteroatoms. The zero-order chi connectivity index (χ0) is 20.2. The molecule has 5 rings (SSSR count). The third kappa shape index (κ3) is 2.86. The smallest absolute Gasteiger partial charge is 0.228 e. The van der Waals surface area contributed by atoms with Crippen molar-refractivity contribution in [3.8, 4) is 0 Å². The van der Waals surface area contributed by atoms with Gasteiger partial charge in [-0.1, -0.05) is 32.0 Å². The first-order valence-electron chi connectivity index (χ1n) is 11.3. The van der Waals surface area contributed by atoms with E-state index in [2.05, 4.69) is 24.5 Å². The van der Waals surface area contributed by atoms with E-state index in [0.29, 0.717) is 24.2 Å². The molecular weight excluding hydrogens is 360 g/mol. The number of fused-ring (bicyclic) bond motifs is 5. The van der Waals surface area contributed by atoms with Crippen molar-refractivity contribution < 1.29 is 9.59 Å². The molecule has 3 fully saturated rings. The summed E-state index contributed by atoms with van der Waals surface area (Å²) in [6, 6.07) is 9.84. The highest BCUT2D eigenvalue weighted by molar-refractivity contribution is 5.93. The lowest BCUT2D eigenvalue weighted by atomic mass is 9.50. The Labute approximate surface area is 173 Å². The Balaban J connectivity index is 1.38. The van der Waals surface area contributed by atoms with Crippen LogP contribution in [0.5, 0.6) is 0 Å². The average Bonchev–Trinajstić information content (AvgIpc) is 3.06. The number of rotatable bonds is 2. The van der Waals surface area contributed by atoms with E-state index in [9.17, 15) is 9.59 Å². The van der Waals surface area contributed by atoms with Gasteiger partial charge in [0, 0.05) is 41.8 Å². The number of allylic oxidation sites excluding steroid dienone is 2. The van der Waals surface area contributed by atoms with Gasteiger partial charge in [-0.2, -0.15) is 0 Å². The number of carbonyl (C=O) groups excluding carboxylic acids is 2. The molecular formula is C25H32N2O2. The Morgan fingerprint density at radius 3 is 2.66 bits per heavy atom. The average molecular weight is 393 g/mol. The zero-order valence-corrected chi connectivity index (χ0v) is 17.5. The standard InChI is InChI=1S/C25H32N2O2/c1-24-13-11-20-18(15-26-22-14-17(28)10-12-25(20,22)2)19(24)8-9-21(24)23(29)27-16-6-4-3-5-7-16/h3-7,14,18-21,26H,8-13,15H2,1-2H3,(H,27,29)/t18?,19?,20?,21-,24+,25-/m1/s1. The molecule has 29 heavy (non-hydrogen) atoms. The van der Waals surface area contributed by atoms with Gasteiger partial charge < -0.3 is 10.6 Å².